The van der Waals surface area contributed by atoms with E-state index in [1.807, 2.05) is 24.0 Å². The maximum absolute atomic E-state index is 12.7. The van der Waals surface area contributed by atoms with Gasteiger partial charge in [0.05, 0.1) is 0 Å². The molecule has 148 valence electrons. The minimum atomic E-state index is -0.291. The van der Waals surface area contributed by atoms with E-state index in [4.69, 9.17) is 0 Å². The van der Waals surface area contributed by atoms with Gasteiger partial charge in [-0.1, -0.05) is 12.1 Å². The van der Waals surface area contributed by atoms with Crippen LogP contribution in [0.2, 0.25) is 0 Å². The number of anilines is 1. The molecule has 7 nitrogen and oxygen atoms in total. The lowest BCUT2D eigenvalue weighted by Gasteiger charge is -2.32. The summed E-state index contributed by atoms with van der Waals surface area (Å²) in [6.45, 7) is 5.14. The molecule has 2 heterocycles. The van der Waals surface area contributed by atoms with Crippen LogP contribution in [0.25, 0.3) is 0 Å². The molecule has 1 unspecified atom stereocenters. The van der Waals surface area contributed by atoms with Crippen molar-refractivity contribution in [3.05, 3.63) is 59.9 Å². The monoisotopic (exact) mass is 381 g/mol. The Hall–Kier alpha value is -2.93. The summed E-state index contributed by atoms with van der Waals surface area (Å²) < 4.78 is 0. The van der Waals surface area contributed by atoms with E-state index >= 15 is 0 Å². The first kappa shape index (κ1) is 19.8. The van der Waals surface area contributed by atoms with Crippen molar-refractivity contribution in [2.24, 2.45) is 0 Å². The number of hydrogen-bond donors (Lipinski definition) is 2. The Morgan fingerprint density at radius 1 is 1.14 bits per heavy atom. The maximum Gasteiger partial charge on any atom is 0.319 e. The molecule has 1 aliphatic rings. The number of nitrogens with one attached hydrogen (secondary N) is 2. The molecule has 0 bridgehead atoms. The van der Waals surface area contributed by atoms with Gasteiger partial charge >= 0.3 is 6.03 Å². The molecule has 2 aromatic rings. The van der Waals surface area contributed by atoms with Crippen LogP contribution >= 0.6 is 0 Å². The molecule has 1 atom stereocenters. The van der Waals surface area contributed by atoms with Gasteiger partial charge in [-0.3, -0.25) is 9.78 Å². The lowest BCUT2D eigenvalue weighted by atomic mass is 10.1. The van der Waals surface area contributed by atoms with E-state index in [0.29, 0.717) is 17.7 Å². The van der Waals surface area contributed by atoms with Crippen molar-refractivity contribution in [1.29, 1.82) is 0 Å². The van der Waals surface area contributed by atoms with Gasteiger partial charge in [0.25, 0.3) is 5.91 Å². The minimum absolute atomic E-state index is 0.00195. The van der Waals surface area contributed by atoms with Crippen LogP contribution in [0.4, 0.5) is 10.5 Å². The number of piperazine rings is 1. The molecule has 0 aliphatic carbocycles. The molecule has 0 radical (unpaired) electrons. The molecule has 1 aliphatic heterocycles. The van der Waals surface area contributed by atoms with Gasteiger partial charge in [-0.05, 0) is 50.2 Å². The van der Waals surface area contributed by atoms with Crippen LogP contribution in [0.1, 0.15) is 22.8 Å². The predicted molar refractivity (Wildman–Crippen MR) is 109 cm³/mol. The highest BCUT2D eigenvalue weighted by Crippen LogP contribution is 2.14. The number of nitrogens with zero attached hydrogens (tertiary/aromatic N) is 3. The van der Waals surface area contributed by atoms with Gasteiger partial charge < -0.3 is 20.4 Å². The summed E-state index contributed by atoms with van der Waals surface area (Å²) in [5.74, 6) is 0.00195. The summed E-state index contributed by atoms with van der Waals surface area (Å²) in [5.41, 5.74) is 2.26. The van der Waals surface area contributed by atoms with E-state index in [-0.39, 0.29) is 18.0 Å². The number of amides is 3. The largest absolute Gasteiger partial charge is 0.336 e. The Kier molecular flexibility index (Phi) is 6.60. The van der Waals surface area contributed by atoms with Crippen LogP contribution in [0.5, 0.6) is 0 Å². The number of aromatic nitrogens is 1. The smallest absolute Gasteiger partial charge is 0.319 e. The average molecular weight is 381 g/mol. The molecule has 3 amide bonds. The van der Waals surface area contributed by atoms with Gasteiger partial charge in [0.15, 0.2) is 0 Å². The Bertz CT molecular complexity index is 803. The van der Waals surface area contributed by atoms with Gasteiger partial charge in [0.1, 0.15) is 0 Å². The van der Waals surface area contributed by atoms with Crippen LogP contribution < -0.4 is 10.6 Å². The number of pyridine rings is 1. The first-order valence-corrected chi connectivity index (χ1v) is 9.55. The van der Waals surface area contributed by atoms with E-state index in [1.54, 1.807) is 36.7 Å². The Morgan fingerprint density at radius 3 is 2.64 bits per heavy atom. The number of rotatable bonds is 5. The van der Waals surface area contributed by atoms with Crippen LogP contribution in [0.15, 0.2) is 48.8 Å². The molecule has 28 heavy (non-hydrogen) atoms. The van der Waals surface area contributed by atoms with Crippen LogP contribution in [0.3, 0.4) is 0 Å². The summed E-state index contributed by atoms with van der Waals surface area (Å²) in [4.78, 5) is 33.1. The third-order valence-electron chi connectivity index (χ3n) is 4.80. The highest BCUT2D eigenvalue weighted by atomic mass is 16.2. The number of urea groups is 1. The Balaban J connectivity index is 1.55. The number of benzene rings is 1. The summed E-state index contributed by atoms with van der Waals surface area (Å²) in [6.07, 6.45) is 4.22. The third kappa shape index (κ3) is 5.53. The zero-order valence-corrected chi connectivity index (χ0v) is 16.4. The van der Waals surface area contributed by atoms with Crippen molar-refractivity contribution in [2.75, 3.05) is 38.5 Å². The third-order valence-corrected chi connectivity index (χ3v) is 4.80. The van der Waals surface area contributed by atoms with E-state index in [2.05, 4.69) is 27.6 Å². The fourth-order valence-electron chi connectivity index (χ4n) is 3.24. The fourth-order valence-corrected chi connectivity index (χ4v) is 3.24. The summed E-state index contributed by atoms with van der Waals surface area (Å²) in [7, 11) is 2.06. The van der Waals surface area contributed by atoms with Gasteiger partial charge in [0, 0.05) is 55.9 Å². The van der Waals surface area contributed by atoms with Gasteiger partial charge in [-0.15, -0.1) is 0 Å². The SMILES string of the molecule is CC(Cc1cccnc1)NC(=O)Nc1cccc(C(=O)N2CCN(C)CC2)c1. The molecule has 0 saturated carbocycles. The first-order valence-electron chi connectivity index (χ1n) is 9.55. The molecular weight excluding hydrogens is 354 g/mol. The standard InChI is InChI=1S/C21H27N5O2/c1-16(13-17-5-4-8-22-15-17)23-21(28)24-19-7-3-6-18(14-19)20(27)26-11-9-25(2)10-12-26/h3-8,14-16H,9-13H2,1-2H3,(H2,23,24,28). The predicted octanol–water partition coefficient (Wildman–Crippen LogP) is 2.22. The molecule has 1 fully saturated rings. The molecule has 7 heteroatoms. The van der Waals surface area contributed by atoms with Crippen LogP contribution in [0, 0.1) is 0 Å². The van der Waals surface area contributed by atoms with E-state index in [0.717, 1.165) is 31.7 Å². The average Bonchev–Trinajstić information content (AvgIpc) is 2.69. The zero-order chi connectivity index (χ0) is 19.9. The van der Waals surface area contributed by atoms with Crippen LogP contribution in [-0.2, 0) is 6.42 Å². The second-order valence-corrected chi connectivity index (χ2v) is 7.24. The zero-order valence-electron chi connectivity index (χ0n) is 16.4. The quantitative estimate of drug-likeness (QED) is 0.833. The fraction of sp³-hybridized carbons (Fsp3) is 0.381. The minimum Gasteiger partial charge on any atom is -0.336 e. The van der Waals surface area contributed by atoms with Crippen molar-refractivity contribution in [3.8, 4) is 0 Å². The summed E-state index contributed by atoms with van der Waals surface area (Å²) >= 11 is 0. The lowest BCUT2D eigenvalue weighted by Crippen LogP contribution is -2.47. The van der Waals surface area contributed by atoms with E-state index in [9.17, 15) is 9.59 Å². The number of carbonyl (C=O) groups is 2. The van der Waals surface area contributed by atoms with Crippen molar-refractivity contribution >= 4 is 17.6 Å². The van der Waals surface area contributed by atoms with Gasteiger partial charge in [-0.25, -0.2) is 4.79 Å². The Labute approximate surface area is 165 Å². The van der Waals surface area contributed by atoms with Gasteiger partial charge in [-0.2, -0.15) is 0 Å². The van der Waals surface area contributed by atoms with Crippen molar-refractivity contribution < 1.29 is 9.59 Å². The number of likely N-dealkylation sites (N-methyl/N-ethyl adjacent to an activating group) is 1. The Morgan fingerprint density at radius 2 is 1.93 bits per heavy atom. The summed E-state index contributed by atoms with van der Waals surface area (Å²) in [6, 6.07) is 10.6. The topological polar surface area (TPSA) is 77.6 Å². The molecule has 3 rings (SSSR count). The normalized spacial score (nSPS) is 15.7. The first-order chi connectivity index (χ1) is 13.5. The van der Waals surface area contributed by atoms with Crippen molar-refractivity contribution in [3.63, 3.8) is 0 Å². The molecule has 0 spiro atoms. The highest BCUT2D eigenvalue weighted by molar-refractivity contribution is 5.97. The molecule has 1 saturated heterocycles. The van der Waals surface area contributed by atoms with Crippen molar-refractivity contribution in [1.82, 2.24) is 20.1 Å². The molecular formula is C21H27N5O2. The lowest BCUT2D eigenvalue weighted by molar-refractivity contribution is 0.0664. The number of hydrogen-bond acceptors (Lipinski definition) is 4. The van der Waals surface area contributed by atoms with E-state index in [1.165, 1.54) is 0 Å². The van der Waals surface area contributed by atoms with Crippen LogP contribution in [-0.4, -0.2) is 66.0 Å². The highest BCUT2D eigenvalue weighted by Gasteiger charge is 2.20. The number of carbonyl (C=O) groups excluding carboxylic acids is 2. The van der Waals surface area contributed by atoms with Crippen molar-refractivity contribution in [2.45, 2.75) is 19.4 Å². The molecule has 1 aromatic heterocycles. The second kappa shape index (κ2) is 9.32. The second-order valence-electron chi connectivity index (χ2n) is 7.24. The molecule has 2 N–H and O–H groups in total. The summed E-state index contributed by atoms with van der Waals surface area (Å²) in [5, 5.41) is 5.73. The maximum atomic E-state index is 12.7. The molecule has 1 aromatic carbocycles. The van der Waals surface area contributed by atoms with E-state index < -0.39 is 0 Å². The van der Waals surface area contributed by atoms with Gasteiger partial charge in [0.2, 0.25) is 0 Å².